The van der Waals surface area contributed by atoms with E-state index in [2.05, 4.69) is 0 Å². The first-order valence-corrected chi connectivity index (χ1v) is 4.91. The Kier molecular flexibility index (Phi) is 2.16. The fourth-order valence-corrected chi connectivity index (χ4v) is 1.96. The SMILES string of the molecule is CC1(CO)CCc2ccccc2C1=O. The van der Waals surface area contributed by atoms with Gasteiger partial charge < -0.3 is 5.11 Å². The van der Waals surface area contributed by atoms with Gasteiger partial charge in [-0.15, -0.1) is 0 Å². The summed E-state index contributed by atoms with van der Waals surface area (Å²) in [4.78, 5) is 12.0. The molecule has 2 heteroatoms. The Morgan fingerprint density at radius 2 is 2.14 bits per heavy atom. The molecule has 0 fully saturated rings. The van der Waals surface area contributed by atoms with E-state index in [9.17, 15) is 9.90 Å². The van der Waals surface area contributed by atoms with E-state index in [0.717, 1.165) is 24.0 Å². The predicted octanol–water partition coefficient (Wildman–Crippen LogP) is 1.81. The molecule has 0 radical (unpaired) electrons. The molecule has 1 aromatic carbocycles. The molecule has 74 valence electrons. The zero-order chi connectivity index (χ0) is 10.2. The van der Waals surface area contributed by atoms with Crippen molar-refractivity contribution in [2.45, 2.75) is 19.8 Å². The minimum absolute atomic E-state index is 0.0554. The molecule has 1 aliphatic carbocycles. The van der Waals surface area contributed by atoms with Crippen LogP contribution in [0.1, 0.15) is 29.3 Å². The van der Waals surface area contributed by atoms with Crippen LogP contribution in [0.25, 0.3) is 0 Å². The van der Waals surface area contributed by atoms with Crippen molar-refractivity contribution in [3.8, 4) is 0 Å². The van der Waals surface area contributed by atoms with Crippen LogP contribution in [0.15, 0.2) is 24.3 Å². The zero-order valence-electron chi connectivity index (χ0n) is 8.29. The Labute approximate surface area is 83.6 Å². The number of aliphatic hydroxyl groups excluding tert-OH is 1. The number of rotatable bonds is 1. The maximum absolute atomic E-state index is 12.0. The van der Waals surface area contributed by atoms with Crippen LogP contribution in [0.3, 0.4) is 0 Å². The Balaban J connectivity index is 2.46. The number of benzene rings is 1. The molecule has 2 rings (SSSR count). The number of fused-ring (bicyclic) bond motifs is 1. The summed E-state index contributed by atoms with van der Waals surface area (Å²) in [5, 5.41) is 9.23. The fourth-order valence-electron chi connectivity index (χ4n) is 1.96. The first-order chi connectivity index (χ1) is 6.67. The Morgan fingerprint density at radius 3 is 2.86 bits per heavy atom. The van der Waals surface area contributed by atoms with E-state index in [1.165, 1.54) is 0 Å². The van der Waals surface area contributed by atoms with Crippen molar-refractivity contribution >= 4 is 5.78 Å². The normalized spacial score (nSPS) is 26.0. The molecule has 0 aromatic heterocycles. The zero-order valence-corrected chi connectivity index (χ0v) is 8.29. The highest BCUT2D eigenvalue weighted by Gasteiger charge is 2.37. The summed E-state index contributed by atoms with van der Waals surface area (Å²) in [6.45, 7) is 1.78. The second-order valence-corrected chi connectivity index (χ2v) is 4.21. The quantitative estimate of drug-likeness (QED) is 0.733. The molecule has 0 aliphatic heterocycles. The average Bonchev–Trinajstić information content (AvgIpc) is 2.24. The molecule has 0 bridgehead atoms. The second kappa shape index (κ2) is 3.21. The van der Waals surface area contributed by atoms with Gasteiger partial charge in [0.25, 0.3) is 0 Å². The number of aliphatic hydroxyl groups is 1. The maximum Gasteiger partial charge on any atom is 0.171 e. The van der Waals surface area contributed by atoms with Gasteiger partial charge in [0.1, 0.15) is 0 Å². The van der Waals surface area contributed by atoms with Crippen molar-refractivity contribution in [2.75, 3.05) is 6.61 Å². The Morgan fingerprint density at radius 1 is 1.43 bits per heavy atom. The number of hydrogen-bond donors (Lipinski definition) is 1. The monoisotopic (exact) mass is 190 g/mol. The van der Waals surface area contributed by atoms with Crippen LogP contribution in [0.5, 0.6) is 0 Å². The predicted molar refractivity (Wildman–Crippen MR) is 54.3 cm³/mol. The first kappa shape index (κ1) is 9.41. The van der Waals surface area contributed by atoms with Crippen molar-refractivity contribution < 1.29 is 9.90 Å². The molecule has 1 unspecified atom stereocenters. The van der Waals surface area contributed by atoms with Gasteiger partial charge >= 0.3 is 0 Å². The van der Waals surface area contributed by atoms with Crippen LogP contribution in [0.4, 0.5) is 0 Å². The minimum Gasteiger partial charge on any atom is -0.395 e. The van der Waals surface area contributed by atoms with Crippen molar-refractivity contribution in [3.63, 3.8) is 0 Å². The molecule has 0 saturated heterocycles. The van der Waals surface area contributed by atoms with Crippen LogP contribution in [0.2, 0.25) is 0 Å². The molecular weight excluding hydrogens is 176 g/mol. The van der Waals surface area contributed by atoms with Crippen LogP contribution in [0, 0.1) is 5.41 Å². The van der Waals surface area contributed by atoms with Gasteiger partial charge in [-0.05, 0) is 18.4 Å². The van der Waals surface area contributed by atoms with Crippen LogP contribution in [-0.4, -0.2) is 17.5 Å². The molecule has 0 spiro atoms. The number of ketones is 1. The van der Waals surface area contributed by atoms with Gasteiger partial charge in [-0.25, -0.2) is 0 Å². The third kappa shape index (κ3) is 1.26. The molecule has 1 atom stereocenters. The molecule has 0 saturated carbocycles. The number of hydrogen-bond acceptors (Lipinski definition) is 2. The summed E-state index contributed by atoms with van der Waals surface area (Å²) in [6, 6.07) is 7.67. The fraction of sp³-hybridized carbons (Fsp3) is 0.417. The largest absolute Gasteiger partial charge is 0.395 e. The molecule has 14 heavy (non-hydrogen) atoms. The van der Waals surface area contributed by atoms with Gasteiger partial charge in [0, 0.05) is 5.56 Å². The summed E-state index contributed by atoms with van der Waals surface area (Å²) in [6.07, 6.45) is 1.64. The molecule has 0 amide bonds. The number of aryl methyl sites for hydroxylation is 1. The van der Waals surface area contributed by atoms with Gasteiger partial charge in [0.15, 0.2) is 5.78 Å². The summed E-state index contributed by atoms with van der Waals surface area (Å²) in [5.41, 5.74) is 1.34. The molecule has 1 N–H and O–H groups in total. The van der Waals surface area contributed by atoms with Gasteiger partial charge in [-0.2, -0.15) is 0 Å². The Bertz CT molecular complexity index is 370. The van der Waals surface area contributed by atoms with E-state index in [0.29, 0.717) is 0 Å². The molecule has 0 heterocycles. The molecular formula is C12H14O2. The lowest BCUT2D eigenvalue weighted by atomic mass is 9.72. The number of carbonyl (C=O) groups excluding carboxylic acids is 1. The summed E-state index contributed by atoms with van der Waals surface area (Å²) in [5.74, 6) is 0.0850. The summed E-state index contributed by atoms with van der Waals surface area (Å²) >= 11 is 0. The van der Waals surface area contributed by atoms with E-state index in [1.807, 2.05) is 31.2 Å². The van der Waals surface area contributed by atoms with E-state index in [-0.39, 0.29) is 12.4 Å². The standard InChI is InChI=1S/C12H14O2/c1-12(8-13)7-6-9-4-2-3-5-10(9)11(12)14/h2-5,13H,6-8H2,1H3. The van der Waals surface area contributed by atoms with Crippen LogP contribution >= 0.6 is 0 Å². The highest BCUT2D eigenvalue weighted by atomic mass is 16.3. The van der Waals surface area contributed by atoms with Crippen LogP contribution < -0.4 is 0 Å². The average molecular weight is 190 g/mol. The third-order valence-electron chi connectivity index (χ3n) is 3.11. The lowest BCUT2D eigenvalue weighted by Crippen LogP contribution is -2.36. The van der Waals surface area contributed by atoms with Gasteiger partial charge in [0.05, 0.1) is 12.0 Å². The van der Waals surface area contributed by atoms with Gasteiger partial charge in [-0.3, -0.25) is 4.79 Å². The topological polar surface area (TPSA) is 37.3 Å². The molecule has 2 nitrogen and oxygen atoms in total. The first-order valence-electron chi connectivity index (χ1n) is 4.91. The van der Waals surface area contributed by atoms with E-state index < -0.39 is 5.41 Å². The van der Waals surface area contributed by atoms with Crippen molar-refractivity contribution in [3.05, 3.63) is 35.4 Å². The minimum atomic E-state index is -0.561. The maximum atomic E-state index is 12.0. The lowest BCUT2D eigenvalue weighted by molar-refractivity contribution is 0.0641. The van der Waals surface area contributed by atoms with Crippen LogP contribution in [-0.2, 0) is 6.42 Å². The van der Waals surface area contributed by atoms with E-state index in [1.54, 1.807) is 0 Å². The third-order valence-corrected chi connectivity index (χ3v) is 3.11. The van der Waals surface area contributed by atoms with E-state index >= 15 is 0 Å². The Hall–Kier alpha value is -1.15. The van der Waals surface area contributed by atoms with E-state index in [4.69, 9.17) is 0 Å². The summed E-state index contributed by atoms with van der Waals surface area (Å²) in [7, 11) is 0. The number of Topliss-reactive ketones (excluding diaryl/α,β-unsaturated/α-hetero) is 1. The molecule has 1 aromatic rings. The van der Waals surface area contributed by atoms with Crippen molar-refractivity contribution in [1.29, 1.82) is 0 Å². The van der Waals surface area contributed by atoms with Gasteiger partial charge in [-0.1, -0.05) is 31.2 Å². The second-order valence-electron chi connectivity index (χ2n) is 4.21. The highest BCUT2D eigenvalue weighted by molar-refractivity contribution is 6.02. The molecule has 1 aliphatic rings. The lowest BCUT2D eigenvalue weighted by Gasteiger charge is -2.31. The smallest absolute Gasteiger partial charge is 0.171 e. The van der Waals surface area contributed by atoms with Gasteiger partial charge in [0.2, 0.25) is 0 Å². The number of carbonyl (C=O) groups is 1. The summed E-state index contributed by atoms with van der Waals surface area (Å²) < 4.78 is 0. The van der Waals surface area contributed by atoms with Crippen molar-refractivity contribution in [2.24, 2.45) is 5.41 Å². The van der Waals surface area contributed by atoms with Crippen molar-refractivity contribution in [1.82, 2.24) is 0 Å². The highest BCUT2D eigenvalue weighted by Crippen LogP contribution is 2.34.